The minimum Gasteiger partial charge on any atom is -0.302 e. The molecule has 0 unspecified atom stereocenters. The van der Waals surface area contributed by atoms with Crippen LogP contribution < -0.4 is 5.32 Å². The van der Waals surface area contributed by atoms with Crippen molar-refractivity contribution in [1.29, 1.82) is 0 Å². The number of halogens is 2. The van der Waals surface area contributed by atoms with Crippen molar-refractivity contribution in [3.05, 3.63) is 81.6 Å². The first-order chi connectivity index (χ1) is 11.6. The molecule has 0 saturated heterocycles. The van der Waals surface area contributed by atoms with Crippen LogP contribution in [0.1, 0.15) is 16.0 Å². The number of thiazole rings is 1. The van der Waals surface area contributed by atoms with Gasteiger partial charge in [0, 0.05) is 22.5 Å². The fourth-order valence-electron chi connectivity index (χ4n) is 2.23. The summed E-state index contributed by atoms with van der Waals surface area (Å²) in [5.41, 5.74) is 1.77. The van der Waals surface area contributed by atoms with Gasteiger partial charge in [-0.2, -0.15) is 0 Å². The Morgan fingerprint density at radius 2 is 1.92 bits per heavy atom. The van der Waals surface area contributed by atoms with Gasteiger partial charge in [-0.3, -0.25) is 4.79 Å². The number of aromatic nitrogens is 1. The number of carbonyl (C=O) groups excluding carboxylic acids is 1. The predicted octanol–water partition coefficient (Wildman–Crippen LogP) is 4.71. The summed E-state index contributed by atoms with van der Waals surface area (Å²) in [6, 6.07) is 13.6. The quantitative estimate of drug-likeness (QED) is 0.716. The summed E-state index contributed by atoms with van der Waals surface area (Å²) >= 11 is 7.46. The lowest BCUT2D eigenvalue weighted by molar-refractivity contribution is -0.115. The molecule has 0 saturated carbocycles. The van der Waals surface area contributed by atoms with Gasteiger partial charge in [-0.05, 0) is 29.3 Å². The molecule has 3 aromatic rings. The molecule has 1 heterocycles. The molecule has 1 N–H and O–H groups in total. The van der Waals surface area contributed by atoms with E-state index in [1.54, 1.807) is 24.4 Å². The van der Waals surface area contributed by atoms with Crippen molar-refractivity contribution in [2.75, 3.05) is 5.32 Å². The van der Waals surface area contributed by atoms with Crippen molar-refractivity contribution in [3.63, 3.8) is 0 Å². The van der Waals surface area contributed by atoms with Crippen LogP contribution in [0.2, 0.25) is 5.02 Å². The van der Waals surface area contributed by atoms with E-state index in [1.165, 1.54) is 23.5 Å². The zero-order chi connectivity index (χ0) is 16.9. The summed E-state index contributed by atoms with van der Waals surface area (Å²) in [7, 11) is 0. The van der Waals surface area contributed by atoms with Crippen LogP contribution in [-0.4, -0.2) is 10.9 Å². The van der Waals surface area contributed by atoms with E-state index in [2.05, 4.69) is 10.3 Å². The van der Waals surface area contributed by atoms with E-state index in [-0.39, 0.29) is 18.1 Å². The van der Waals surface area contributed by atoms with Crippen molar-refractivity contribution < 1.29 is 9.18 Å². The molecule has 0 fully saturated rings. The molecule has 122 valence electrons. The third-order valence-electron chi connectivity index (χ3n) is 3.40. The Morgan fingerprint density at radius 1 is 1.17 bits per heavy atom. The highest BCUT2D eigenvalue weighted by Crippen LogP contribution is 2.22. The average molecular weight is 361 g/mol. The molecule has 3 nitrogen and oxygen atoms in total. The van der Waals surface area contributed by atoms with Crippen LogP contribution in [0, 0.1) is 5.82 Å². The smallest absolute Gasteiger partial charge is 0.230 e. The first-order valence-electron chi connectivity index (χ1n) is 7.32. The van der Waals surface area contributed by atoms with Gasteiger partial charge in [-0.25, -0.2) is 9.37 Å². The lowest BCUT2D eigenvalue weighted by atomic mass is 10.1. The van der Waals surface area contributed by atoms with Crippen LogP contribution in [-0.2, 0) is 17.6 Å². The van der Waals surface area contributed by atoms with Crippen molar-refractivity contribution in [2.24, 2.45) is 0 Å². The molecule has 0 atom stereocenters. The Labute approximate surface area is 148 Å². The lowest BCUT2D eigenvalue weighted by Gasteiger charge is -2.03. The third kappa shape index (κ3) is 4.40. The van der Waals surface area contributed by atoms with E-state index >= 15 is 0 Å². The molecule has 24 heavy (non-hydrogen) atoms. The second kappa shape index (κ2) is 7.55. The molecule has 3 rings (SSSR count). The van der Waals surface area contributed by atoms with Gasteiger partial charge in [-0.1, -0.05) is 41.9 Å². The first kappa shape index (κ1) is 16.6. The molecule has 0 spiro atoms. The minimum absolute atomic E-state index is 0.161. The van der Waals surface area contributed by atoms with Gasteiger partial charge in [0.2, 0.25) is 5.91 Å². The van der Waals surface area contributed by atoms with Gasteiger partial charge in [0.15, 0.2) is 5.13 Å². The minimum atomic E-state index is -0.254. The van der Waals surface area contributed by atoms with Crippen LogP contribution in [0.3, 0.4) is 0 Å². The SMILES string of the molecule is O=C(Cc1ccccc1Cl)Nc1ncc(Cc2ccc(F)cc2)s1. The number of hydrogen-bond acceptors (Lipinski definition) is 3. The van der Waals surface area contributed by atoms with Crippen molar-refractivity contribution >= 4 is 34.0 Å². The topological polar surface area (TPSA) is 42.0 Å². The summed E-state index contributed by atoms with van der Waals surface area (Å²) in [6.07, 6.45) is 2.57. The van der Waals surface area contributed by atoms with E-state index in [4.69, 9.17) is 11.6 Å². The highest BCUT2D eigenvalue weighted by molar-refractivity contribution is 7.15. The molecule has 0 radical (unpaired) electrons. The standard InChI is InChI=1S/C18H14ClFN2OS/c19-16-4-2-1-3-13(16)10-17(23)22-18-21-11-15(24-18)9-12-5-7-14(20)8-6-12/h1-8,11H,9-10H2,(H,21,22,23). The Kier molecular flexibility index (Phi) is 5.23. The number of hydrogen-bond donors (Lipinski definition) is 1. The van der Waals surface area contributed by atoms with E-state index in [0.29, 0.717) is 16.6 Å². The highest BCUT2D eigenvalue weighted by Gasteiger charge is 2.10. The van der Waals surface area contributed by atoms with Crippen molar-refractivity contribution in [3.8, 4) is 0 Å². The molecule has 6 heteroatoms. The number of benzene rings is 2. The molecule has 0 bridgehead atoms. The molecule has 1 aromatic heterocycles. The number of anilines is 1. The number of nitrogens with one attached hydrogen (secondary N) is 1. The van der Waals surface area contributed by atoms with E-state index in [1.807, 2.05) is 18.2 Å². The Bertz CT molecular complexity index is 848. The van der Waals surface area contributed by atoms with Gasteiger partial charge in [0.25, 0.3) is 0 Å². The van der Waals surface area contributed by atoms with Crippen LogP contribution in [0.25, 0.3) is 0 Å². The van der Waals surface area contributed by atoms with Gasteiger partial charge < -0.3 is 5.32 Å². The zero-order valence-corrected chi connectivity index (χ0v) is 14.2. The molecule has 0 aliphatic heterocycles. The predicted molar refractivity (Wildman–Crippen MR) is 95.1 cm³/mol. The molecular formula is C18H14ClFN2OS. The highest BCUT2D eigenvalue weighted by atomic mass is 35.5. The Morgan fingerprint density at radius 3 is 2.67 bits per heavy atom. The second-order valence-corrected chi connectivity index (χ2v) is 6.77. The van der Waals surface area contributed by atoms with Crippen molar-refractivity contribution in [2.45, 2.75) is 12.8 Å². The maximum atomic E-state index is 12.9. The summed E-state index contributed by atoms with van der Waals surface area (Å²) in [5.74, 6) is -0.415. The number of nitrogens with zero attached hydrogens (tertiary/aromatic N) is 1. The van der Waals surface area contributed by atoms with Crippen LogP contribution in [0.5, 0.6) is 0 Å². The van der Waals surface area contributed by atoms with E-state index < -0.39 is 0 Å². The zero-order valence-electron chi connectivity index (χ0n) is 12.6. The van der Waals surface area contributed by atoms with Crippen LogP contribution in [0.15, 0.2) is 54.7 Å². The fraction of sp³-hybridized carbons (Fsp3) is 0.111. The molecule has 0 aliphatic carbocycles. The third-order valence-corrected chi connectivity index (χ3v) is 4.68. The summed E-state index contributed by atoms with van der Waals surface area (Å²) in [6.45, 7) is 0. The van der Waals surface area contributed by atoms with E-state index in [0.717, 1.165) is 16.0 Å². The largest absolute Gasteiger partial charge is 0.302 e. The number of carbonyl (C=O) groups is 1. The normalized spacial score (nSPS) is 10.6. The number of rotatable bonds is 5. The average Bonchev–Trinajstić information content (AvgIpc) is 2.99. The summed E-state index contributed by atoms with van der Waals surface area (Å²) in [4.78, 5) is 17.3. The lowest BCUT2D eigenvalue weighted by Crippen LogP contribution is -2.14. The molecule has 1 amide bonds. The maximum Gasteiger partial charge on any atom is 0.230 e. The number of amides is 1. The monoisotopic (exact) mass is 360 g/mol. The Balaban J connectivity index is 1.60. The van der Waals surface area contributed by atoms with Gasteiger partial charge >= 0.3 is 0 Å². The summed E-state index contributed by atoms with van der Waals surface area (Å²) < 4.78 is 12.9. The van der Waals surface area contributed by atoms with Gasteiger partial charge in [0.1, 0.15) is 5.82 Å². The summed E-state index contributed by atoms with van der Waals surface area (Å²) in [5, 5.41) is 3.90. The van der Waals surface area contributed by atoms with Gasteiger partial charge in [0.05, 0.1) is 6.42 Å². The Hall–Kier alpha value is -2.24. The maximum absolute atomic E-state index is 12.9. The molecular weight excluding hydrogens is 347 g/mol. The first-order valence-corrected chi connectivity index (χ1v) is 8.52. The van der Waals surface area contributed by atoms with Crippen LogP contribution >= 0.6 is 22.9 Å². The molecule has 2 aromatic carbocycles. The van der Waals surface area contributed by atoms with Crippen molar-refractivity contribution in [1.82, 2.24) is 4.98 Å². The van der Waals surface area contributed by atoms with Gasteiger partial charge in [-0.15, -0.1) is 11.3 Å². The van der Waals surface area contributed by atoms with Crippen LogP contribution in [0.4, 0.5) is 9.52 Å². The second-order valence-electron chi connectivity index (χ2n) is 5.25. The molecule has 0 aliphatic rings. The fourth-order valence-corrected chi connectivity index (χ4v) is 3.29. The van der Waals surface area contributed by atoms with E-state index in [9.17, 15) is 9.18 Å².